The normalized spacial score (nSPS) is 12.2. The van der Waals surface area contributed by atoms with Gasteiger partial charge in [-0.05, 0) is 44.2 Å². The molecule has 2 aromatic carbocycles. The lowest BCUT2D eigenvalue weighted by molar-refractivity contribution is -0.127. The van der Waals surface area contributed by atoms with E-state index in [9.17, 15) is 18.3 Å². The fourth-order valence-corrected chi connectivity index (χ4v) is 3.55. The predicted octanol–water partition coefficient (Wildman–Crippen LogP) is 2.58. The second-order valence-corrected chi connectivity index (χ2v) is 7.87. The van der Waals surface area contributed by atoms with E-state index in [1.165, 1.54) is 19.2 Å². The van der Waals surface area contributed by atoms with Gasteiger partial charge in [-0.2, -0.15) is 0 Å². The third kappa shape index (κ3) is 6.34. The third-order valence-electron chi connectivity index (χ3n) is 4.06. The number of hydrogen-bond acceptors (Lipinski definition) is 7. The Morgan fingerprint density at radius 3 is 2.57 bits per heavy atom. The predicted molar refractivity (Wildman–Crippen MR) is 112 cm³/mol. The van der Waals surface area contributed by atoms with Crippen molar-refractivity contribution in [1.29, 1.82) is 0 Å². The summed E-state index contributed by atoms with van der Waals surface area (Å²) >= 11 is 0. The molecule has 10 heteroatoms. The first-order valence-electron chi connectivity index (χ1n) is 9.27. The van der Waals surface area contributed by atoms with Crippen LogP contribution in [0, 0.1) is 0 Å². The molecular formula is C20H26N2O7S. The number of nitrogens with one attached hydrogen (secondary N) is 2. The van der Waals surface area contributed by atoms with Crippen LogP contribution in [0.15, 0.2) is 47.4 Å². The number of amides is 1. The summed E-state index contributed by atoms with van der Waals surface area (Å²) in [5.41, 5.74) is 0.207. The van der Waals surface area contributed by atoms with Crippen LogP contribution in [0.4, 0.5) is 11.4 Å². The molecule has 1 atom stereocenters. The summed E-state index contributed by atoms with van der Waals surface area (Å²) in [6.45, 7) is 4.51. The highest BCUT2D eigenvalue weighted by Crippen LogP contribution is 2.30. The molecule has 0 saturated carbocycles. The van der Waals surface area contributed by atoms with E-state index in [1.807, 2.05) is 6.92 Å². The van der Waals surface area contributed by atoms with E-state index in [4.69, 9.17) is 14.2 Å². The molecule has 0 aliphatic heterocycles. The fourth-order valence-electron chi connectivity index (χ4n) is 2.45. The number of sulfonamides is 1. The Morgan fingerprint density at radius 2 is 1.87 bits per heavy atom. The summed E-state index contributed by atoms with van der Waals surface area (Å²) in [4.78, 5) is 12.1. The highest BCUT2D eigenvalue weighted by Gasteiger charge is 2.20. The second kappa shape index (κ2) is 10.8. The first-order valence-corrected chi connectivity index (χ1v) is 10.8. The molecule has 0 radical (unpaired) electrons. The Labute approximate surface area is 176 Å². The molecule has 2 aromatic rings. The highest BCUT2D eigenvalue weighted by atomic mass is 32.2. The number of hydrogen-bond donors (Lipinski definition) is 3. The zero-order chi connectivity index (χ0) is 22.1. The van der Waals surface area contributed by atoms with Crippen molar-refractivity contribution < 1.29 is 32.5 Å². The van der Waals surface area contributed by atoms with Crippen LogP contribution in [0.2, 0.25) is 0 Å². The Bertz CT molecular complexity index is 963. The van der Waals surface area contributed by atoms with E-state index >= 15 is 0 Å². The molecule has 0 spiro atoms. The molecule has 1 unspecified atom stereocenters. The quantitative estimate of drug-likeness (QED) is 0.364. The maximum absolute atomic E-state index is 12.8. The van der Waals surface area contributed by atoms with Crippen molar-refractivity contribution in [2.24, 2.45) is 0 Å². The van der Waals surface area contributed by atoms with E-state index in [0.717, 1.165) is 6.07 Å². The van der Waals surface area contributed by atoms with Gasteiger partial charge in [0.05, 0.1) is 36.6 Å². The molecule has 2 rings (SSSR count). The molecular weight excluding hydrogens is 412 g/mol. The van der Waals surface area contributed by atoms with Crippen LogP contribution in [0.25, 0.3) is 0 Å². The van der Waals surface area contributed by atoms with Crippen molar-refractivity contribution in [2.75, 3.05) is 37.0 Å². The van der Waals surface area contributed by atoms with E-state index in [0.29, 0.717) is 19.0 Å². The molecule has 164 valence electrons. The molecule has 9 nitrogen and oxygen atoms in total. The van der Waals surface area contributed by atoms with Crippen LogP contribution in [-0.4, -0.2) is 52.5 Å². The van der Waals surface area contributed by atoms with Crippen molar-refractivity contribution in [1.82, 2.24) is 0 Å². The highest BCUT2D eigenvalue weighted by molar-refractivity contribution is 7.92. The van der Waals surface area contributed by atoms with Gasteiger partial charge in [0.15, 0.2) is 0 Å². The average molecular weight is 439 g/mol. The van der Waals surface area contributed by atoms with Crippen LogP contribution in [0.3, 0.4) is 0 Å². The number of carbonyl (C=O) groups is 1. The Kier molecular flexibility index (Phi) is 8.46. The minimum Gasteiger partial charge on any atom is -0.506 e. The van der Waals surface area contributed by atoms with Gasteiger partial charge in [-0.1, -0.05) is 12.1 Å². The lowest BCUT2D eigenvalue weighted by Crippen LogP contribution is -2.29. The summed E-state index contributed by atoms with van der Waals surface area (Å²) in [7, 11) is -2.57. The van der Waals surface area contributed by atoms with Crippen molar-refractivity contribution in [2.45, 2.75) is 24.8 Å². The number of anilines is 2. The summed E-state index contributed by atoms with van der Waals surface area (Å²) in [5.74, 6) is -0.457. The maximum Gasteiger partial charge on any atom is 0.262 e. The Balaban J connectivity index is 2.14. The van der Waals surface area contributed by atoms with E-state index < -0.39 is 22.0 Å². The summed E-state index contributed by atoms with van der Waals surface area (Å²) < 4.78 is 43.6. The first kappa shape index (κ1) is 23.5. The number of carbonyl (C=O) groups excluding carboxylic acids is 1. The average Bonchev–Trinajstić information content (AvgIpc) is 2.72. The smallest absolute Gasteiger partial charge is 0.262 e. The molecule has 0 aliphatic rings. The van der Waals surface area contributed by atoms with Crippen LogP contribution >= 0.6 is 0 Å². The lowest BCUT2D eigenvalue weighted by Gasteiger charge is -2.15. The molecule has 3 N–H and O–H groups in total. The number of phenolic OH excluding ortho intramolecular Hbond substituents is 1. The fraction of sp³-hybridized carbons (Fsp3) is 0.350. The molecule has 0 aliphatic carbocycles. The molecule has 0 saturated heterocycles. The number of rotatable bonds is 11. The van der Waals surface area contributed by atoms with Crippen LogP contribution < -0.4 is 14.8 Å². The van der Waals surface area contributed by atoms with Crippen LogP contribution in [0.1, 0.15) is 13.8 Å². The first-order chi connectivity index (χ1) is 14.3. The minimum absolute atomic E-state index is 0.0526. The Hall–Kier alpha value is -2.82. The van der Waals surface area contributed by atoms with Gasteiger partial charge in [0, 0.05) is 6.61 Å². The molecule has 1 amide bonds. The summed E-state index contributed by atoms with van der Waals surface area (Å²) in [6.07, 6.45) is -0.822. The maximum atomic E-state index is 12.8. The molecule has 0 aromatic heterocycles. The van der Waals surface area contributed by atoms with Crippen molar-refractivity contribution in [3.8, 4) is 11.5 Å². The summed E-state index contributed by atoms with van der Waals surface area (Å²) in [6, 6.07) is 10.1. The SMILES string of the molecule is CCOCCOC(C)C(=O)Nc1cc(S(=O)(=O)Nc2ccccc2OC)ccc1O. The largest absolute Gasteiger partial charge is 0.506 e. The molecule has 0 bridgehead atoms. The van der Waals surface area contributed by atoms with Gasteiger partial charge >= 0.3 is 0 Å². The minimum atomic E-state index is -4.00. The second-order valence-electron chi connectivity index (χ2n) is 6.18. The summed E-state index contributed by atoms with van der Waals surface area (Å²) in [5, 5.41) is 12.5. The van der Waals surface area contributed by atoms with E-state index in [2.05, 4.69) is 10.0 Å². The number of phenols is 1. The van der Waals surface area contributed by atoms with Crippen molar-refractivity contribution in [3.05, 3.63) is 42.5 Å². The number of ether oxygens (including phenoxy) is 3. The van der Waals surface area contributed by atoms with Gasteiger partial charge in [0.25, 0.3) is 15.9 Å². The van der Waals surface area contributed by atoms with E-state index in [1.54, 1.807) is 31.2 Å². The molecule has 0 fully saturated rings. The van der Waals surface area contributed by atoms with Gasteiger partial charge in [-0.15, -0.1) is 0 Å². The van der Waals surface area contributed by atoms with Gasteiger partial charge in [0.1, 0.15) is 17.6 Å². The van der Waals surface area contributed by atoms with Crippen LogP contribution in [0.5, 0.6) is 11.5 Å². The van der Waals surface area contributed by atoms with Crippen LogP contribution in [-0.2, 0) is 24.3 Å². The van der Waals surface area contributed by atoms with Crippen molar-refractivity contribution in [3.63, 3.8) is 0 Å². The standard InChI is InChI=1S/C20H26N2O7S/c1-4-28-11-12-29-14(2)20(24)21-17-13-15(9-10-18(17)23)30(25,26)22-16-7-5-6-8-19(16)27-3/h5-10,13-14,22-23H,4,11-12H2,1-3H3,(H,21,24). The number of methoxy groups -OCH3 is 1. The monoisotopic (exact) mass is 438 g/mol. The lowest BCUT2D eigenvalue weighted by atomic mass is 10.2. The number of aromatic hydroxyl groups is 1. The van der Waals surface area contributed by atoms with Gasteiger partial charge < -0.3 is 24.6 Å². The molecule has 30 heavy (non-hydrogen) atoms. The van der Waals surface area contributed by atoms with Crippen molar-refractivity contribution >= 4 is 27.3 Å². The van der Waals surface area contributed by atoms with Gasteiger partial charge in [-0.25, -0.2) is 8.42 Å². The van der Waals surface area contributed by atoms with Gasteiger partial charge in [-0.3, -0.25) is 9.52 Å². The topological polar surface area (TPSA) is 123 Å². The van der Waals surface area contributed by atoms with Gasteiger partial charge in [0.2, 0.25) is 0 Å². The number of para-hydroxylation sites is 2. The zero-order valence-corrected chi connectivity index (χ0v) is 17.9. The third-order valence-corrected chi connectivity index (χ3v) is 5.42. The van der Waals surface area contributed by atoms with E-state index in [-0.39, 0.29) is 28.6 Å². The number of benzene rings is 2. The molecule has 0 heterocycles. The Morgan fingerprint density at radius 1 is 1.13 bits per heavy atom. The zero-order valence-electron chi connectivity index (χ0n) is 17.0.